The first-order valence-corrected chi connectivity index (χ1v) is 6.46. The Morgan fingerprint density at radius 3 is 3.05 bits per heavy atom. The van der Waals surface area contributed by atoms with Crippen molar-refractivity contribution in [1.82, 2.24) is 25.6 Å². The normalized spacial score (nSPS) is 10.4. The van der Waals surface area contributed by atoms with E-state index in [2.05, 4.69) is 37.5 Å². The van der Waals surface area contributed by atoms with Gasteiger partial charge in [0, 0.05) is 11.5 Å². The molecule has 0 saturated heterocycles. The number of tetrazole rings is 1. The summed E-state index contributed by atoms with van der Waals surface area (Å²) in [5.41, 5.74) is 0.852. The molecule has 1 aromatic carbocycles. The van der Waals surface area contributed by atoms with Crippen molar-refractivity contribution in [2.75, 3.05) is 11.9 Å². The minimum Gasteiger partial charge on any atom is -0.489 e. The highest BCUT2D eigenvalue weighted by molar-refractivity contribution is 6.04. The number of pyridine rings is 1. The number of para-hydroxylation sites is 1. The SMILES string of the molecule is C=CCOc1cc(C(=O)Nc2nn[nH]n2)nc2ccccc12. The van der Waals surface area contributed by atoms with Crippen LogP contribution in [0, 0.1) is 0 Å². The number of benzene rings is 1. The molecule has 2 N–H and O–H groups in total. The van der Waals surface area contributed by atoms with E-state index in [0.29, 0.717) is 17.9 Å². The number of hydrogen-bond acceptors (Lipinski definition) is 6. The van der Waals surface area contributed by atoms with Crippen LogP contribution in [0.15, 0.2) is 43.0 Å². The number of carbonyl (C=O) groups is 1. The lowest BCUT2D eigenvalue weighted by Crippen LogP contribution is -2.15. The first-order valence-electron chi connectivity index (χ1n) is 6.46. The third kappa shape index (κ3) is 2.75. The van der Waals surface area contributed by atoms with Crippen LogP contribution >= 0.6 is 0 Å². The van der Waals surface area contributed by atoms with Crippen molar-refractivity contribution in [3.05, 3.63) is 48.7 Å². The number of amides is 1. The molecule has 0 atom stereocenters. The van der Waals surface area contributed by atoms with Crippen molar-refractivity contribution in [2.45, 2.75) is 0 Å². The predicted octanol–water partition coefficient (Wildman–Crippen LogP) is 1.56. The number of hydrogen-bond donors (Lipinski definition) is 2. The average molecular weight is 296 g/mol. The second-order valence-corrected chi connectivity index (χ2v) is 4.31. The van der Waals surface area contributed by atoms with Crippen LogP contribution in [0.5, 0.6) is 5.75 Å². The Balaban J connectivity index is 1.98. The van der Waals surface area contributed by atoms with Gasteiger partial charge in [0.15, 0.2) is 0 Å². The largest absolute Gasteiger partial charge is 0.489 e. The number of carbonyl (C=O) groups excluding carboxylic acids is 1. The molecule has 8 nitrogen and oxygen atoms in total. The van der Waals surface area contributed by atoms with Crippen molar-refractivity contribution in [3.8, 4) is 5.75 Å². The molecular weight excluding hydrogens is 284 g/mol. The van der Waals surface area contributed by atoms with E-state index < -0.39 is 5.91 Å². The Morgan fingerprint density at radius 1 is 1.41 bits per heavy atom. The maximum absolute atomic E-state index is 12.2. The Hall–Kier alpha value is -3.29. The average Bonchev–Trinajstić information content (AvgIpc) is 3.05. The number of nitrogens with zero attached hydrogens (tertiary/aromatic N) is 4. The molecule has 110 valence electrons. The smallest absolute Gasteiger partial charge is 0.276 e. The fourth-order valence-electron chi connectivity index (χ4n) is 1.91. The number of ether oxygens (including phenoxy) is 1. The monoisotopic (exact) mass is 296 g/mol. The van der Waals surface area contributed by atoms with Crippen molar-refractivity contribution in [1.29, 1.82) is 0 Å². The van der Waals surface area contributed by atoms with E-state index in [1.807, 2.05) is 18.2 Å². The summed E-state index contributed by atoms with van der Waals surface area (Å²) in [4.78, 5) is 16.5. The summed E-state index contributed by atoms with van der Waals surface area (Å²) in [5.74, 6) is 0.188. The highest BCUT2D eigenvalue weighted by atomic mass is 16.5. The van der Waals surface area contributed by atoms with E-state index in [0.717, 1.165) is 5.39 Å². The number of rotatable bonds is 5. The summed E-state index contributed by atoms with van der Waals surface area (Å²) in [6, 6.07) is 8.97. The van der Waals surface area contributed by atoms with Gasteiger partial charge in [-0.1, -0.05) is 29.9 Å². The van der Waals surface area contributed by atoms with E-state index in [-0.39, 0.29) is 11.6 Å². The van der Waals surface area contributed by atoms with Crippen molar-refractivity contribution < 1.29 is 9.53 Å². The third-order valence-corrected chi connectivity index (χ3v) is 2.84. The summed E-state index contributed by atoms with van der Waals surface area (Å²) >= 11 is 0. The van der Waals surface area contributed by atoms with Crippen LogP contribution in [0.25, 0.3) is 10.9 Å². The Kier molecular flexibility index (Phi) is 3.73. The summed E-state index contributed by atoms with van der Waals surface area (Å²) in [7, 11) is 0. The minimum absolute atomic E-state index is 0.0773. The minimum atomic E-state index is -0.449. The zero-order valence-electron chi connectivity index (χ0n) is 11.5. The first-order chi connectivity index (χ1) is 10.8. The lowest BCUT2D eigenvalue weighted by atomic mass is 10.1. The standard InChI is InChI=1S/C14H12N6O2/c1-2-7-22-12-8-11(13(21)16-14-17-19-20-18-14)15-10-6-4-3-5-9(10)12/h2-6,8H,1,7H2,(H2,16,17,18,19,20,21). The molecule has 3 rings (SSSR count). The molecule has 0 bridgehead atoms. The van der Waals surface area contributed by atoms with Gasteiger partial charge in [-0.25, -0.2) is 4.98 Å². The van der Waals surface area contributed by atoms with Crippen LogP contribution < -0.4 is 10.1 Å². The molecule has 8 heteroatoms. The molecule has 1 amide bonds. The van der Waals surface area contributed by atoms with Crippen LogP contribution in [-0.4, -0.2) is 38.1 Å². The summed E-state index contributed by atoms with van der Waals surface area (Å²) in [5, 5.41) is 16.3. The molecule has 0 aliphatic carbocycles. The molecule has 3 aromatic rings. The predicted molar refractivity (Wildman–Crippen MR) is 79.6 cm³/mol. The molecule has 2 aromatic heterocycles. The zero-order valence-corrected chi connectivity index (χ0v) is 11.5. The second-order valence-electron chi connectivity index (χ2n) is 4.31. The number of nitrogens with one attached hydrogen (secondary N) is 2. The van der Waals surface area contributed by atoms with Crippen molar-refractivity contribution in [3.63, 3.8) is 0 Å². The van der Waals surface area contributed by atoms with Gasteiger partial charge < -0.3 is 4.74 Å². The van der Waals surface area contributed by atoms with E-state index in [1.54, 1.807) is 18.2 Å². The highest BCUT2D eigenvalue weighted by Crippen LogP contribution is 2.25. The second kappa shape index (κ2) is 6.00. The van der Waals surface area contributed by atoms with Gasteiger partial charge in [0.25, 0.3) is 11.9 Å². The van der Waals surface area contributed by atoms with Crippen LogP contribution in [0.4, 0.5) is 5.95 Å². The van der Waals surface area contributed by atoms with Crippen LogP contribution in [0.1, 0.15) is 10.5 Å². The quantitative estimate of drug-likeness (QED) is 0.692. The fraction of sp³-hybridized carbons (Fsp3) is 0.0714. The maximum atomic E-state index is 12.2. The van der Waals surface area contributed by atoms with Crippen molar-refractivity contribution >= 4 is 22.8 Å². The van der Waals surface area contributed by atoms with Gasteiger partial charge >= 0.3 is 0 Å². The van der Waals surface area contributed by atoms with Crippen molar-refractivity contribution in [2.24, 2.45) is 0 Å². The topological polar surface area (TPSA) is 106 Å². The number of H-pyrrole nitrogens is 1. The molecule has 0 radical (unpaired) electrons. The number of aromatic amines is 1. The van der Waals surface area contributed by atoms with Gasteiger partial charge in [-0.15, -0.1) is 5.10 Å². The number of fused-ring (bicyclic) bond motifs is 1. The van der Waals surface area contributed by atoms with E-state index in [1.165, 1.54) is 0 Å². The molecule has 0 aliphatic rings. The van der Waals surface area contributed by atoms with Gasteiger partial charge in [-0.3, -0.25) is 10.1 Å². The van der Waals surface area contributed by atoms with Gasteiger partial charge in [-0.2, -0.15) is 5.21 Å². The Morgan fingerprint density at radius 2 is 2.27 bits per heavy atom. The van der Waals surface area contributed by atoms with E-state index >= 15 is 0 Å². The Bertz CT molecular complexity index is 815. The van der Waals surface area contributed by atoms with E-state index in [9.17, 15) is 4.79 Å². The summed E-state index contributed by atoms with van der Waals surface area (Å²) in [6.45, 7) is 3.95. The molecule has 22 heavy (non-hydrogen) atoms. The molecule has 0 saturated carbocycles. The molecule has 0 fully saturated rings. The lowest BCUT2D eigenvalue weighted by Gasteiger charge is -2.09. The molecule has 2 heterocycles. The third-order valence-electron chi connectivity index (χ3n) is 2.84. The molecule has 0 spiro atoms. The molecule has 0 aliphatic heterocycles. The van der Waals surface area contributed by atoms with Crippen LogP contribution in [-0.2, 0) is 0 Å². The Labute approximate surface area is 125 Å². The molecular formula is C14H12N6O2. The molecule has 0 unspecified atom stereocenters. The van der Waals surface area contributed by atoms with Crippen LogP contribution in [0.2, 0.25) is 0 Å². The lowest BCUT2D eigenvalue weighted by molar-refractivity contribution is 0.102. The maximum Gasteiger partial charge on any atom is 0.276 e. The van der Waals surface area contributed by atoms with Gasteiger partial charge in [0.1, 0.15) is 18.1 Å². The van der Waals surface area contributed by atoms with Gasteiger partial charge in [0.05, 0.1) is 5.52 Å². The number of anilines is 1. The van der Waals surface area contributed by atoms with E-state index in [4.69, 9.17) is 4.74 Å². The van der Waals surface area contributed by atoms with Gasteiger partial charge in [-0.05, 0) is 17.3 Å². The van der Waals surface area contributed by atoms with Gasteiger partial charge in [0.2, 0.25) is 0 Å². The highest BCUT2D eigenvalue weighted by Gasteiger charge is 2.14. The summed E-state index contributed by atoms with van der Waals surface area (Å²) < 4.78 is 5.61. The first kappa shape index (κ1) is 13.7. The zero-order chi connectivity index (χ0) is 15.4. The summed E-state index contributed by atoms with van der Waals surface area (Å²) in [6.07, 6.45) is 1.63. The van der Waals surface area contributed by atoms with Crippen LogP contribution in [0.3, 0.4) is 0 Å². The number of aromatic nitrogens is 5. The fourth-order valence-corrected chi connectivity index (χ4v) is 1.91.